The summed E-state index contributed by atoms with van der Waals surface area (Å²) in [6.07, 6.45) is 7.89. The van der Waals surface area contributed by atoms with Crippen LogP contribution in [0.3, 0.4) is 0 Å². The smallest absolute Gasteiger partial charge is 0.0908 e. The van der Waals surface area contributed by atoms with Gasteiger partial charge in [0.1, 0.15) is 0 Å². The molecule has 14 heavy (non-hydrogen) atoms. The summed E-state index contributed by atoms with van der Waals surface area (Å²) in [5.41, 5.74) is 0.797. The third-order valence-electron chi connectivity index (χ3n) is 4.70. The molecule has 2 saturated carbocycles. The van der Waals surface area contributed by atoms with E-state index in [4.69, 9.17) is 5.26 Å². The average molecular weight is 189 g/mol. The molecule has 0 aromatic carbocycles. The van der Waals surface area contributed by atoms with Crippen molar-refractivity contribution >= 4 is 0 Å². The van der Waals surface area contributed by atoms with Crippen molar-refractivity contribution in [1.82, 2.24) is 0 Å². The molecule has 0 heterocycles. The topological polar surface area (TPSA) is 23.8 Å². The predicted octanol–water partition coefficient (Wildman–Crippen LogP) is 3.53. The van der Waals surface area contributed by atoms with Crippen LogP contribution >= 0.6 is 0 Å². The average Bonchev–Trinajstić information content (AvgIpc) is 2.60. The van der Waals surface area contributed by atoms with Gasteiger partial charge in [-0.25, -0.2) is 0 Å². The van der Waals surface area contributed by atoms with E-state index in [1.807, 2.05) is 0 Å². The van der Waals surface area contributed by atoms with Gasteiger partial charge in [-0.05, 0) is 35.5 Å². The highest BCUT2D eigenvalue weighted by Gasteiger charge is 2.69. The fraction of sp³-hybridized carbons (Fsp3) is 0.769. The van der Waals surface area contributed by atoms with Gasteiger partial charge in [-0.1, -0.05) is 33.3 Å². The summed E-state index contributed by atoms with van der Waals surface area (Å²) >= 11 is 0. The molecule has 2 rings (SSSR count). The van der Waals surface area contributed by atoms with Crippen LogP contribution in [0.4, 0.5) is 0 Å². The Morgan fingerprint density at radius 3 is 2.71 bits per heavy atom. The lowest BCUT2D eigenvalue weighted by atomic mass is 9.80. The van der Waals surface area contributed by atoms with Gasteiger partial charge in [0.25, 0.3) is 0 Å². The van der Waals surface area contributed by atoms with Crippen molar-refractivity contribution in [2.24, 2.45) is 22.7 Å². The minimum atomic E-state index is 0.362. The lowest BCUT2D eigenvalue weighted by Crippen LogP contribution is -2.14. The molecule has 0 aliphatic heterocycles. The van der Waals surface area contributed by atoms with E-state index in [1.54, 1.807) is 6.08 Å². The minimum absolute atomic E-state index is 0.362. The summed E-state index contributed by atoms with van der Waals surface area (Å²) in [4.78, 5) is 0. The van der Waals surface area contributed by atoms with Gasteiger partial charge in [0.2, 0.25) is 0 Å². The van der Waals surface area contributed by atoms with E-state index >= 15 is 0 Å². The van der Waals surface area contributed by atoms with E-state index in [0.717, 1.165) is 11.8 Å². The van der Waals surface area contributed by atoms with Crippen molar-refractivity contribution in [1.29, 1.82) is 5.26 Å². The Kier molecular flexibility index (Phi) is 2.00. The second-order valence-electron chi connectivity index (χ2n) is 5.66. The number of fused-ring (bicyclic) bond motifs is 1. The third-order valence-corrected chi connectivity index (χ3v) is 4.70. The van der Waals surface area contributed by atoms with Crippen LogP contribution in [0.15, 0.2) is 12.2 Å². The molecule has 0 amide bonds. The Labute approximate surface area is 86.8 Å². The maximum absolute atomic E-state index is 8.63. The maximum Gasteiger partial charge on any atom is 0.0908 e. The zero-order valence-corrected chi connectivity index (χ0v) is 9.38. The Morgan fingerprint density at radius 1 is 1.36 bits per heavy atom. The second-order valence-corrected chi connectivity index (χ2v) is 5.66. The van der Waals surface area contributed by atoms with E-state index in [1.165, 1.54) is 19.3 Å². The zero-order chi connectivity index (χ0) is 10.4. The Balaban J connectivity index is 2.24. The fourth-order valence-electron chi connectivity index (χ4n) is 3.74. The number of hydrogen-bond acceptors (Lipinski definition) is 1. The molecule has 0 N–H and O–H groups in total. The molecular formula is C13H19N. The molecular weight excluding hydrogens is 170 g/mol. The molecule has 0 spiro atoms. The highest BCUT2D eigenvalue weighted by molar-refractivity contribution is 5.29. The van der Waals surface area contributed by atoms with Gasteiger partial charge in [0, 0.05) is 6.08 Å². The molecule has 0 bridgehead atoms. The molecule has 2 aliphatic rings. The van der Waals surface area contributed by atoms with Crippen LogP contribution in [0.25, 0.3) is 0 Å². The van der Waals surface area contributed by atoms with E-state index in [0.29, 0.717) is 10.8 Å². The van der Waals surface area contributed by atoms with Crippen molar-refractivity contribution in [2.75, 3.05) is 0 Å². The van der Waals surface area contributed by atoms with Crippen LogP contribution in [0.2, 0.25) is 0 Å². The molecule has 2 aliphatic carbocycles. The van der Waals surface area contributed by atoms with Gasteiger partial charge in [-0.15, -0.1) is 0 Å². The SMILES string of the molecule is CC1CCC2C(C)(C)C2(C=CC#N)C1. The van der Waals surface area contributed by atoms with Crippen LogP contribution in [0, 0.1) is 34.0 Å². The van der Waals surface area contributed by atoms with E-state index in [2.05, 4.69) is 32.9 Å². The van der Waals surface area contributed by atoms with Gasteiger partial charge in [-0.2, -0.15) is 5.26 Å². The Morgan fingerprint density at radius 2 is 2.07 bits per heavy atom. The Hall–Kier alpha value is -0.770. The summed E-state index contributed by atoms with van der Waals surface area (Å²) < 4.78 is 0. The van der Waals surface area contributed by atoms with Crippen LogP contribution in [-0.2, 0) is 0 Å². The first-order valence-corrected chi connectivity index (χ1v) is 5.62. The van der Waals surface area contributed by atoms with Crippen molar-refractivity contribution in [3.63, 3.8) is 0 Å². The van der Waals surface area contributed by atoms with E-state index in [9.17, 15) is 0 Å². The molecule has 0 aromatic rings. The molecule has 0 saturated heterocycles. The third kappa shape index (κ3) is 1.06. The fourth-order valence-corrected chi connectivity index (χ4v) is 3.74. The summed E-state index contributed by atoms with van der Waals surface area (Å²) in [6.45, 7) is 7.06. The summed E-state index contributed by atoms with van der Waals surface area (Å²) in [6, 6.07) is 2.14. The largest absolute Gasteiger partial charge is 0.193 e. The number of rotatable bonds is 1. The van der Waals surface area contributed by atoms with Crippen molar-refractivity contribution in [3.8, 4) is 6.07 Å². The van der Waals surface area contributed by atoms with Gasteiger partial charge in [-0.3, -0.25) is 0 Å². The highest BCUT2D eigenvalue weighted by atomic mass is 14.7. The number of allylic oxidation sites excluding steroid dienone is 2. The summed E-state index contributed by atoms with van der Waals surface area (Å²) in [5.74, 6) is 1.66. The van der Waals surface area contributed by atoms with Crippen molar-refractivity contribution in [3.05, 3.63) is 12.2 Å². The van der Waals surface area contributed by atoms with Gasteiger partial charge in [0.15, 0.2) is 0 Å². The molecule has 2 fully saturated rings. The first-order valence-electron chi connectivity index (χ1n) is 5.62. The molecule has 3 atom stereocenters. The number of nitriles is 1. The quantitative estimate of drug-likeness (QED) is 0.579. The first-order chi connectivity index (χ1) is 6.54. The summed E-state index contributed by atoms with van der Waals surface area (Å²) in [5, 5.41) is 8.63. The molecule has 1 heteroatoms. The predicted molar refractivity (Wildman–Crippen MR) is 57.5 cm³/mol. The Bertz CT molecular complexity index is 308. The molecule has 1 nitrogen and oxygen atoms in total. The normalized spacial score (nSPS) is 44.4. The molecule has 76 valence electrons. The maximum atomic E-state index is 8.63. The molecule has 0 radical (unpaired) electrons. The van der Waals surface area contributed by atoms with E-state index < -0.39 is 0 Å². The van der Waals surface area contributed by atoms with Gasteiger partial charge in [0.05, 0.1) is 6.07 Å². The van der Waals surface area contributed by atoms with Crippen molar-refractivity contribution < 1.29 is 0 Å². The highest BCUT2D eigenvalue weighted by Crippen LogP contribution is 2.76. The minimum Gasteiger partial charge on any atom is -0.193 e. The standard InChI is InChI=1S/C13H19N/c1-10-5-6-11-12(2,3)13(11,9-10)7-4-8-14/h4,7,10-11H,5-6,9H2,1-3H3. The van der Waals surface area contributed by atoms with E-state index in [-0.39, 0.29) is 0 Å². The van der Waals surface area contributed by atoms with Crippen LogP contribution < -0.4 is 0 Å². The molecule has 0 aromatic heterocycles. The van der Waals surface area contributed by atoms with Gasteiger partial charge < -0.3 is 0 Å². The van der Waals surface area contributed by atoms with Gasteiger partial charge >= 0.3 is 0 Å². The lowest BCUT2D eigenvalue weighted by molar-refractivity contribution is 0.304. The monoisotopic (exact) mass is 189 g/mol. The van der Waals surface area contributed by atoms with Crippen LogP contribution in [0.1, 0.15) is 40.0 Å². The van der Waals surface area contributed by atoms with Crippen LogP contribution in [0.5, 0.6) is 0 Å². The summed E-state index contributed by atoms with van der Waals surface area (Å²) in [7, 11) is 0. The molecule has 3 unspecified atom stereocenters. The lowest BCUT2D eigenvalue weighted by Gasteiger charge is -2.24. The zero-order valence-electron chi connectivity index (χ0n) is 9.38. The number of nitrogens with zero attached hydrogens (tertiary/aromatic N) is 1. The first kappa shape index (κ1) is 9.77. The van der Waals surface area contributed by atoms with Crippen molar-refractivity contribution in [2.45, 2.75) is 40.0 Å². The second kappa shape index (κ2) is 2.86. The number of hydrogen-bond donors (Lipinski definition) is 0. The van der Waals surface area contributed by atoms with Crippen LogP contribution in [-0.4, -0.2) is 0 Å².